The van der Waals surface area contributed by atoms with Crippen molar-refractivity contribution in [2.75, 3.05) is 0 Å². The first-order valence-corrected chi connectivity index (χ1v) is 6.04. The molecule has 2 rings (SSSR count). The second kappa shape index (κ2) is 5.55. The molecular formula is C14H12ClF2NO. The zero-order chi connectivity index (χ0) is 14.0. The molecule has 100 valence electrons. The van der Waals surface area contributed by atoms with Gasteiger partial charge >= 0.3 is 0 Å². The highest BCUT2D eigenvalue weighted by atomic mass is 35.5. The van der Waals surface area contributed by atoms with E-state index < -0.39 is 17.7 Å². The molecule has 0 unspecified atom stereocenters. The number of para-hydroxylation sites is 1. The van der Waals surface area contributed by atoms with E-state index in [1.807, 2.05) is 0 Å². The second-order valence-corrected chi connectivity index (χ2v) is 4.51. The minimum atomic E-state index is -0.733. The van der Waals surface area contributed by atoms with Crippen molar-refractivity contribution in [3.8, 4) is 11.5 Å². The van der Waals surface area contributed by atoms with Crippen LogP contribution >= 0.6 is 11.6 Å². The molecule has 5 heteroatoms. The van der Waals surface area contributed by atoms with Crippen LogP contribution in [0.3, 0.4) is 0 Å². The monoisotopic (exact) mass is 283 g/mol. The van der Waals surface area contributed by atoms with Gasteiger partial charge in [-0.1, -0.05) is 29.8 Å². The van der Waals surface area contributed by atoms with Crippen molar-refractivity contribution in [3.05, 3.63) is 58.6 Å². The summed E-state index contributed by atoms with van der Waals surface area (Å²) in [5, 5.41) is -0.0869. The van der Waals surface area contributed by atoms with Crippen molar-refractivity contribution >= 4 is 11.6 Å². The van der Waals surface area contributed by atoms with Gasteiger partial charge in [0, 0.05) is 11.6 Å². The molecule has 0 amide bonds. The topological polar surface area (TPSA) is 35.2 Å². The predicted octanol–water partition coefficient (Wildman–Crippen LogP) is 4.43. The third-order valence-electron chi connectivity index (χ3n) is 2.62. The molecule has 0 aromatic heterocycles. The van der Waals surface area contributed by atoms with Gasteiger partial charge < -0.3 is 10.5 Å². The van der Waals surface area contributed by atoms with E-state index >= 15 is 0 Å². The quantitative estimate of drug-likeness (QED) is 0.904. The Kier molecular flexibility index (Phi) is 4.02. The molecule has 2 N–H and O–H groups in total. The van der Waals surface area contributed by atoms with Crippen LogP contribution in [0, 0.1) is 11.6 Å². The van der Waals surface area contributed by atoms with Crippen LogP contribution in [0.4, 0.5) is 8.78 Å². The van der Waals surface area contributed by atoms with Crippen molar-refractivity contribution in [3.63, 3.8) is 0 Å². The van der Waals surface area contributed by atoms with Gasteiger partial charge in [0.25, 0.3) is 0 Å². The zero-order valence-corrected chi connectivity index (χ0v) is 10.9. The summed E-state index contributed by atoms with van der Waals surface area (Å²) in [6.07, 6.45) is 0. The molecule has 0 heterocycles. The van der Waals surface area contributed by atoms with Crippen LogP contribution in [0.15, 0.2) is 36.4 Å². The first kappa shape index (κ1) is 13.8. The minimum Gasteiger partial charge on any atom is -0.451 e. The third-order valence-corrected chi connectivity index (χ3v) is 2.91. The van der Waals surface area contributed by atoms with Crippen LogP contribution in [0.25, 0.3) is 0 Å². The van der Waals surface area contributed by atoms with Crippen molar-refractivity contribution in [2.24, 2.45) is 5.73 Å². The van der Waals surface area contributed by atoms with Crippen LogP contribution in [0.5, 0.6) is 11.5 Å². The van der Waals surface area contributed by atoms with E-state index in [4.69, 9.17) is 22.1 Å². The number of hydrogen-bond donors (Lipinski definition) is 1. The lowest BCUT2D eigenvalue weighted by atomic mass is 10.1. The standard InChI is InChI=1S/C14H12ClF2NO/c1-8(18)9-4-2-6-11(16)14(9)19-12-7-3-5-10(15)13(12)17/h2-8H,18H2,1H3/t8-/m1/s1. The zero-order valence-electron chi connectivity index (χ0n) is 10.2. The third kappa shape index (κ3) is 2.85. The number of hydrogen-bond acceptors (Lipinski definition) is 2. The fourth-order valence-electron chi connectivity index (χ4n) is 1.66. The number of ether oxygens (including phenoxy) is 1. The van der Waals surface area contributed by atoms with Gasteiger partial charge in [-0.05, 0) is 25.1 Å². The van der Waals surface area contributed by atoms with Crippen LogP contribution in [0.1, 0.15) is 18.5 Å². The van der Waals surface area contributed by atoms with Gasteiger partial charge in [-0.3, -0.25) is 0 Å². The molecule has 0 bridgehead atoms. The first-order valence-electron chi connectivity index (χ1n) is 5.66. The lowest BCUT2D eigenvalue weighted by molar-refractivity contribution is 0.407. The smallest absolute Gasteiger partial charge is 0.184 e. The highest BCUT2D eigenvalue weighted by Gasteiger charge is 2.16. The highest BCUT2D eigenvalue weighted by molar-refractivity contribution is 6.30. The molecule has 1 atom stereocenters. The number of benzene rings is 2. The molecule has 0 aliphatic carbocycles. The average molecular weight is 284 g/mol. The first-order chi connectivity index (χ1) is 9.00. The van der Waals surface area contributed by atoms with E-state index in [0.29, 0.717) is 5.56 Å². The molecule has 2 nitrogen and oxygen atoms in total. The fraction of sp³-hybridized carbons (Fsp3) is 0.143. The van der Waals surface area contributed by atoms with E-state index in [2.05, 4.69) is 0 Å². The lowest BCUT2D eigenvalue weighted by Gasteiger charge is -2.15. The molecule has 0 fully saturated rings. The van der Waals surface area contributed by atoms with Gasteiger partial charge in [-0.15, -0.1) is 0 Å². The van der Waals surface area contributed by atoms with Crippen molar-refractivity contribution in [1.82, 2.24) is 0 Å². The summed E-state index contributed by atoms with van der Waals surface area (Å²) < 4.78 is 32.8. The van der Waals surface area contributed by atoms with E-state index in [1.165, 1.54) is 30.3 Å². The Morgan fingerprint density at radius 1 is 1.16 bits per heavy atom. The van der Waals surface area contributed by atoms with Gasteiger partial charge in [0.05, 0.1) is 5.02 Å². The van der Waals surface area contributed by atoms with Crippen LogP contribution in [0.2, 0.25) is 5.02 Å². The molecule has 2 aromatic rings. The Morgan fingerprint density at radius 3 is 2.53 bits per heavy atom. The molecule has 0 aliphatic rings. The molecular weight excluding hydrogens is 272 g/mol. The molecule has 0 radical (unpaired) electrons. The Morgan fingerprint density at radius 2 is 1.84 bits per heavy atom. The largest absolute Gasteiger partial charge is 0.451 e. The van der Waals surface area contributed by atoms with Gasteiger partial charge in [0.15, 0.2) is 23.1 Å². The predicted molar refractivity (Wildman–Crippen MR) is 70.5 cm³/mol. The molecule has 0 aliphatic heterocycles. The molecule has 0 spiro atoms. The van der Waals surface area contributed by atoms with E-state index in [0.717, 1.165) is 0 Å². The molecule has 2 aromatic carbocycles. The van der Waals surface area contributed by atoms with E-state index in [9.17, 15) is 8.78 Å². The van der Waals surface area contributed by atoms with Crippen molar-refractivity contribution < 1.29 is 13.5 Å². The Hall–Kier alpha value is -1.65. The van der Waals surface area contributed by atoms with Gasteiger partial charge in [0.2, 0.25) is 0 Å². The van der Waals surface area contributed by atoms with E-state index in [-0.39, 0.29) is 16.5 Å². The van der Waals surface area contributed by atoms with Gasteiger partial charge in [-0.2, -0.15) is 0 Å². The fourth-order valence-corrected chi connectivity index (χ4v) is 1.83. The van der Waals surface area contributed by atoms with Crippen LogP contribution in [-0.2, 0) is 0 Å². The summed E-state index contributed by atoms with van der Waals surface area (Å²) in [7, 11) is 0. The average Bonchev–Trinajstić information content (AvgIpc) is 2.36. The summed E-state index contributed by atoms with van der Waals surface area (Å²) in [6, 6.07) is 8.22. The van der Waals surface area contributed by atoms with Gasteiger partial charge in [-0.25, -0.2) is 8.78 Å². The Bertz CT molecular complexity index is 602. The maximum absolute atomic E-state index is 13.8. The normalized spacial score (nSPS) is 12.3. The molecule has 0 saturated heterocycles. The van der Waals surface area contributed by atoms with Gasteiger partial charge in [0.1, 0.15) is 0 Å². The number of nitrogens with two attached hydrogens (primary N) is 1. The summed E-state index contributed by atoms with van der Waals surface area (Å²) in [5.41, 5.74) is 6.20. The van der Waals surface area contributed by atoms with Crippen molar-refractivity contribution in [2.45, 2.75) is 13.0 Å². The maximum atomic E-state index is 13.8. The van der Waals surface area contributed by atoms with Crippen molar-refractivity contribution in [1.29, 1.82) is 0 Å². The summed E-state index contributed by atoms with van der Waals surface area (Å²) in [4.78, 5) is 0. The second-order valence-electron chi connectivity index (χ2n) is 4.10. The summed E-state index contributed by atoms with van der Waals surface area (Å²) in [6.45, 7) is 1.69. The SMILES string of the molecule is C[C@@H](N)c1cccc(F)c1Oc1cccc(Cl)c1F. The Balaban J connectivity index is 2.46. The summed E-state index contributed by atoms with van der Waals surface area (Å²) >= 11 is 5.65. The molecule has 19 heavy (non-hydrogen) atoms. The maximum Gasteiger partial charge on any atom is 0.184 e. The number of halogens is 3. The lowest BCUT2D eigenvalue weighted by Crippen LogP contribution is -2.08. The number of rotatable bonds is 3. The minimum absolute atomic E-state index is 0.0846. The highest BCUT2D eigenvalue weighted by Crippen LogP contribution is 2.34. The van der Waals surface area contributed by atoms with Crippen LogP contribution in [-0.4, -0.2) is 0 Å². The van der Waals surface area contributed by atoms with Crippen LogP contribution < -0.4 is 10.5 Å². The Labute approximate surface area is 114 Å². The molecule has 0 saturated carbocycles. The summed E-state index contributed by atoms with van der Waals surface area (Å²) in [5.74, 6) is -1.56. The van der Waals surface area contributed by atoms with E-state index in [1.54, 1.807) is 13.0 Å².